The number of hydrogen-bond acceptors (Lipinski definition) is 5. The first kappa shape index (κ1) is 12.8. The summed E-state index contributed by atoms with van der Waals surface area (Å²) in [4.78, 5) is 0. The Morgan fingerprint density at radius 2 is 1.87 bits per heavy atom. The first-order chi connectivity index (χ1) is 7.19. The van der Waals surface area contributed by atoms with Gasteiger partial charge in [-0.2, -0.15) is 0 Å². The van der Waals surface area contributed by atoms with Gasteiger partial charge in [-0.15, -0.1) is 0 Å². The van der Waals surface area contributed by atoms with E-state index in [-0.39, 0.29) is 12.7 Å². The Kier molecular flexibility index (Phi) is 4.91. The standard InChI is InChI=1S/C9H18O6/c1-12-6-5(4-10)15-9(11)8(14-3)7(6)13-2/h5-11H,4H2,1-3H3/p+1/t5?,6-,7?,8?,9+/m1/s1. The first-order valence-corrected chi connectivity index (χ1v) is 4.78. The second-order valence-corrected chi connectivity index (χ2v) is 3.40. The van der Waals surface area contributed by atoms with Crippen molar-refractivity contribution >= 4 is 0 Å². The smallest absolute Gasteiger partial charge is 0.213 e. The van der Waals surface area contributed by atoms with Crippen LogP contribution in [0.3, 0.4) is 0 Å². The summed E-state index contributed by atoms with van der Waals surface area (Å²) in [6, 6.07) is 0. The summed E-state index contributed by atoms with van der Waals surface area (Å²) in [5.74, 6) is 0. The molecule has 5 atom stereocenters. The maximum absolute atomic E-state index is 9.61. The molecule has 1 fully saturated rings. The van der Waals surface area contributed by atoms with Crippen molar-refractivity contribution in [1.82, 2.24) is 0 Å². The van der Waals surface area contributed by atoms with E-state index in [0.29, 0.717) is 0 Å². The molecule has 0 radical (unpaired) electrons. The Bertz CT molecular complexity index is 187. The molecule has 0 spiro atoms. The highest BCUT2D eigenvalue weighted by Gasteiger charge is 2.49. The molecule has 6 nitrogen and oxygen atoms in total. The molecule has 0 amide bonds. The van der Waals surface area contributed by atoms with Crippen molar-refractivity contribution in [1.29, 1.82) is 0 Å². The molecule has 1 heterocycles. The number of rotatable bonds is 4. The van der Waals surface area contributed by atoms with Gasteiger partial charge in [0.1, 0.15) is 13.2 Å². The van der Waals surface area contributed by atoms with Crippen molar-refractivity contribution in [3.05, 3.63) is 0 Å². The van der Waals surface area contributed by atoms with Gasteiger partial charge in [-0.05, 0) is 0 Å². The lowest BCUT2D eigenvalue weighted by Crippen LogP contribution is -2.61. The highest BCUT2D eigenvalue weighted by atomic mass is 16.7. The van der Waals surface area contributed by atoms with E-state index in [1.165, 1.54) is 14.2 Å². The number of ether oxygens (including phenoxy) is 4. The maximum Gasteiger partial charge on any atom is 0.213 e. The van der Waals surface area contributed by atoms with Crippen LogP contribution in [0.4, 0.5) is 0 Å². The molecule has 0 aromatic rings. The van der Waals surface area contributed by atoms with Gasteiger partial charge in [0, 0.05) is 14.2 Å². The fraction of sp³-hybridized carbons (Fsp3) is 1.00. The minimum Gasteiger partial charge on any atom is -0.430 e. The molecular weight excluding hydrogens is 204 g/mol. The third-order valence-electron chi connectivity index (χ3n) is 2.66. The van der Waals surface area contributed by atoms with E-state index < -0.39 is 24.6 Å². The molecule has 15 heavy (non-hydrogen) atoms. The quantitative estimate of drug-likeness (QED) is 0.553. The summed E-state index contributed by atoms with van der Waals surface area (Å²) in [5, 5.41) is 18.7. The largest absolute Gasteiger partial charge is 0.430 e. The highest BCUT2D eigenvalue weighted by Crippen LogP contribution is 2.24. The van der Waals surface area contributed by atoms with Crippen LogP contribution in [-0.2, 0) is 14.2 Å². The van der Waals surface area contributed by atoms with Crippen LogP contribution in [0.5, 0.6) is 0 Å². The second-order valence-electron chi connectivity index (χ2n) is 3.40. The monoisotopic (exact) mass is 223 g/mol. The van der Waals surface area contributed by atoms with Crippen molar-refractivity contribution < 1.29 is 29.2 Å². The van der Waals surface area contributed by atoms with E-state index in [4.69, 9.17) is 19.3 Å². The van der Waals surface area contributed by atoms with Crippen LogP contribution >= 0.6 is 0 Å². The van der Waals surface area contributed by atoms with Crippen molar-refractivity contribution in [2.24, 2.45) is 0 Å². The van der Waals surface area contributed by atoms with Crippen LogP contribution in [0.2, 0.25) is 0 Å². The Labute approximate surface area is 88.7 Å². The molecule has 0 bridgehead atoms. The van der Waals surface area contributed by atoms with Crippen molar-refractivity contribution in [3.63, 3.8) is 0 Å². The second kappa shape index (κ2) is 5.74. The lowest BCUT2D eigenvalue weighted by atomic mass is 9.99. The molecule has 0 saturated carbocycles. The van der Waals surface area contributed by atoms with Crippen LogP contribution in [0.15, 0.2) is 0 Å². The topological polar surface area (TPSA) is 81.0 Å². The van der Waals surface area contributed by atoms with Crippen molar-refractivity contribution in [3.8, 4) is 0 Å². The van der Waals surface area contributed by atoms with Gasteiger partial charge in [-0.25, -0.2) is 0 Å². The highest BCUT2D eigenvalue weighted by molar-refractivity contribution is 4.90. The van der Waals surface area contributed by atoms with Crippen LogP contribution in [0, 0.1) is 0 Å². The predicted octanol–water partition coefficient (Wildman–Crippen LogP) is -1.75. The number of aliphatic hydroxyl groups is 4. The molecule has 0 aliphatic carbocycles. The van der Waals surface area contributed by atoms with Gasteiger partial charge in [0.05, 0.1) is 6.61 Å². The summed E-state index contributed by atoms with van der Waals surface area (Å²) < 4.78 is 19.6. The molecule has 0 aromatic carbocycles. The lowest BCUT2D eigenvalue weighted by molar-refractivity contribution is -0.323. The summed E-state index contributed by atoms with van der Waals surface area (Å²) in [7, 11) is 4.60. The fourth-order valence-corrected chi connectivity index (χ4v) is 1.89. The molecule has 1 rings (SSSR count). The molecule has 1 aliphatic heterocycles. The molecule has 1 aliphatic rings. The van der Waals surface area contributed by atoms with Gasteiger partial charge < -0.3 is 29.2 Å². The summed E-state index contributed by atoms with van der Waals surface area (Å²) >= 11 is 0. The third kappa shape index (κ3) is 2.47. The van der Waals surface area contributed by atoms with E-state index in [9.17, 15) is 5.11 Å². The minimum atomic E-state index is -1.10. The average molecular weight is 223 g/mol. The molecule has 90 valence electrons. The van der Waals surface area contributed by atoms with E-state index >= 15 is 0 Å². The third-order valence-corrected chi connectivity index (χ3v) is 2.66. The van der Waals surface area contributed by atoms with Crippen molar-refractivity contribution in [2.45, 2.75) is 30.7 Å². The van der Waals surface area contributed by atoms with E-state index in [1.54, 1.807) is 7.11 Å². The molecule has 6 heteroatoms. The summed E-state index contributed by atoms with van der Waals surface area (Å²) in [6.45, 7) is -0.213. The van der Waals surface area contributed by atoms with Crippen LogP contribution in [0.1, 0.15) is 0 Å². The number of hydrogen-bond donors (Lipinski definition) is 2. The molecular formula is C9H19O6+. The van der Waals surface area contributed by atoms with Gasteiger partial charge >= 0.3 is 0 Å². The predicted molar refractivity (Wildman–Crippen MR) is 51.5 cm³/mol. The molecule has 0 aromatic heterocycles. The van der Waals surface area contributed by atoms with Gasteiger partial charge in [-0.3, -0.25) is 0 Å². The normalized spacial score (nSPS) is 41.8. The average Bonchev–Trinajstić information content (AvgIpc) is 2.27. The lowest BCUT2D eigenvalue weighted by Gasteiger charge is -2.39. The fourth-order valence-electron chi connectivity index (χ4n) is 1.89. The van der Waals surface area contributed by atoms with E-state index in [1.807, 2.05) is 0 Å². The summed E-state index contributed by atoms with van der Waals surface area (Å²) in [6.07, 6.45) is -3.00. The number of aliphatic hydroxyl groups excluding tert-OH is 2. The van der Waals surface area contributed by atoms with Crippen LogP contribution < -0.4 is 0 Å². The first-order valence-electron chi connectivity index (χ1n) is 4.78. The van der Waals surface area contributed by atoms with Gasteiger partial charge in [-0.1, -0.05) is 0 Å². The van der Waals surface area contributed by atoms with Gasteiger partial charge in [0.15, 0.2) is 18.5 Å². The zero-order valence-corrected chi connectivity index (χ0v) is 9.16. The van der Waals surface area contributed by atoms with Crippen LogP contribution in [0.25, 0.3) is 0 Å². The van der Waals surface area contributed by atoms with Crippen molar-refractivity contribution in [2.75, 3.05) is 27.9 Å². The van der Waals surface area contributed by atoms with Gasteiger partial charge in [0.25, 0.3) is 0 Å². The molecule has 1 saturated heterocycles. The minimum absolute atomic E-state index is 0.213. The summed E-state index contributed by atoms with van der Waals surface area (Å²) in [5.41, 5.74) is 0. The van der Waals surface area contributed by atoms with Gasteiger partial charge in [0.2, 0.25) is 6.10 Å². The van der Waals surface area contributed by atoms with Crippen LogP contribution in [-0.4, -0.2) is 73.6 Å². The number of methoxy groups -OCH3 is 2. The SMILES string of the molecule is COC1C(OC)[C@@H](O)OC(CO)[C@H]1[OH+]C. The maximum atomic E-state index is 9.61. The molecule has 3 N–H and O–H groups in total. The van der Waals surface area contributed by atoms with E-state index in [2.05, 4.69) is 4.74 Å². The molecule has 3 unspecified atom stereocenters. The Hall–Kier alpha value is -0.240. The zero-order valence-electron chi connectivity index (χ0n) is 9.16. The Balaban J connectivity index is 2.80. The van der Waals surface area contributed by atoms with E-state index in [0.717, 1.165) is 0 Å². The zero-order chi connectivity index (χ0) is 11.4. The Morgan fingerprint density at radius 3 is 2.27 bits per heavy atom. The Morgan fingerprint density at radius 1 is 1.27 bits per heavy atom.